The van der Waals surface area contributed by atoms with E-state index in [1.165, 1.54) is 4.52 Å². The van der Waals surface area contributed by atoms with Gasteiger partial charge >= 0.3 is 0 Å². The van der Waals surface area contributed by atoms with Crippen molar-refractivity contribution in [2.75, 3.05) is 12.0 Å². The minimum Gasteiger partial charge on any atom is -0.368 e. The molecule has 0 aliphatic carbocycles. The van der Waals surface area contributed by atoms with Crippen LogP contribution in [-0.4, -0.2) is 39.2 Å². The molecule has 114 valence electrons. The van der Waals surface area contributed by atoms with Crippen LogP contribution in [0.15, 0.2) is 27.8 Å². The van der Waals surface area contributed by atoms with Gasteiger partial charge in [-0.25, -0.2) is 8.42 Å². The number of aryl methyl sites for hydroxylation is 1. The van der Waals surface area contributed by atoms with Gasteiger partial charge in [0.1, 0.15) is 0 Å². The maximum Gasteiger partial charge on any atom is 0.258 e. The van der Waals surface area contributed by atoms with Gasteiger partial charge in [0.15, 0.2) is 5.82 Å². The summed E-state index contributed by atoms with van der Waals surface area (Å²) in [7, 11) is -3.57. The van der Waals surface area contributed by atoms with Crippen molar-refractivity contribution >= 4 is 37.5 Å². The van der Waals surface area contributed by atoms with E-state index >= 15 is 0 Å². The van der Waals surface area contributed by atoms with Crippen LogP contribution in [0.5, 0.6) is 0 Å². The maximum absolute atomic E-state index is 11.5. The molecule has 0 saturated heterocycles. The summed E-state index contributed by atoms with van der Waals surface area (Å²) in [6, 6.07) is 5.63. The Balaban J connectivity index is 2.21. The van der Waals surface area contributed by atoms with Crippen LogP contribution < -0.4 is 5.73 Å². The van der Waals surface area contributed by atoms with Crippen molar-refractivity contribution < 1.29 is 8.42 Å². The molecule has 0 spiro atoms. The molecule has 22 heavy (non-hydrogen) atoms. The molecular weight excluding hydrogens is 372 g/mol. The van der Waals surface area contributed by atoms with Crippen molar-refractivity contribution in [1.82, 2.24) is 24.6 Å². The van der Waals surface area contributed by atoms with Crippen molar-refractivity contribution in [3.05, 3.63) is 28.2 Å². The zero-order chi connectivity index (χ0) is 16.1. The highest BCUT2D eigenvalue weighted by atomic mass is 79.9. The molecule has 0 unspecified atom stereocenters. The van der Waals surface area contributed by atoms with Crippen LogP contribution >= 0.6 is 15.9 Å². The Hall–Kier alpha value is -2.07. The van der Waals surface area contributed by atoms with E-state index in [1.807, 2.05) is 25.1 Å². The Morgan fingerprint density at radius 2 is 1.95 bits per heavy atom. The second-order valence-corrected chi connectivity index (χ2v) is 7.51. The Labute approximate surface area is 134 Å². The second kappa shape index (κ2) is 4.99. The summed E-state index contributed by atoms with van der Waals surface area (Å²) in [5.74, 6) is 0.392. The van der Waals surface area contributed by atoms with Crippen LogP contribution in [0.25, 0.3) is 17.2 Å². The Morgan fingerprint density at radius 3 is 2.59 bits per heavy atom. The summed E-state index contributed by atoms with van der Waals surface area (Å²) < 4.78 is 25.3. The number of aromatic nitrogens is 5. The van der Waals surface area contributed by atoms with Crippen molar-refractivity contribution in [2.45, 2.75) is 12.1 Å². The van der Waals surface area contributed by atoms with Crippen LogP contribution in [0.4, 0.5) is 5.95 Å². The van der Waals surface area contributed by atoms with E-state index in [4.69, 9.17) is 5.73 Å². The molecule has 10 heteroatoms. The minimum absolute atomic E-state index is 0.0852. The first kappa shape index (κ1) is 14.9. The summed E-state index contributed by atoms with van der Waals surface area (Å²) in [5.41, 5.74) is 7.53. The van der Waals surface area contributed by atoms with E-state index in [2.05, 4.69) is 36.0 Å². The van der Waals surface area contributed by atoms with E-state index in [-0.39, 0.29) is 16.9 Å². The Bertz CT molecular complexity index is 998. The van der Waals surface area contributed by atoms with Gasteiger partial charge in [-0.2, -0.15) is 19.5 Å². The highest BCUT2D eigenvalue weighted by molar-refractivity contribution is 9.10. The summed E-state index contributed by atoms with van der Waals surface area (Å²) >= 11 is 3.42. The number of rotatable bonds is 2. The molecule has 0 aliphatic heterocycles. The average molecular weight is 383 g/mol. The van der Waals surface area contributed by atoms with Crippen molar-refractivity contribution in [1.29, 1.82) is 0 Å². The molecule has 3 rings (SSSR count). The molecule has 0 fully saturated rings. The highest BCUT2D eigenvalue weighted by Crippen LogP contribution is 2.23. The summed E-state index contributed by atoms with van der Waals surface area (Å²) in [5, 5.41) is 3.85. The molecule has 0 saturated carbocycles. The normalized spacial score (nSPS) is 12.0. The predicted molar refractivity (Wildman–Crippen MR) is 84.0 cm³/mol. The van der Waals surface area contributed by atoms with Gasteiger partial charge in [0.25, 0.3) is 10.9 Å². The number of anilines is 1. The fourth-order valence-electron chi connectivity index (χ4n) is 1.86. The molecule has 2 aromatic heterocycles. The van der Waals surface area contributed by atoms with Gasteiger partial charge in [0.2, 0.25) is 15.8 Å². The zero-order valence-electron chi connectivity index (χ0n) is 11.6. The first-order chi connectivity index (χ1) is 10.3. The molecule has 0 radical (unpaired) electrons. The van der Waals surface area contributed by atoms with Crippen molar-refractivity contribution in [3.8, 4) is 11.4 Å². The number of hydrogen-bond donors (Lipinski definition) is 1. The first-order valence-electron chi connectivity index (χ1n) is 6.12. The third-order valence-electron chi connectivity index (χ3n) is 2.96. The first-order valence-corrected chi connectivity index (χ1v) is 8.81. The number of nitrogen functional groups attached to an aromatic ring is 1. The van der Waals surface area contributed by atoms with Gasteiger partial charge < -0.3 is 5.73 Å². The van der Waals surface area contributed by atoms with Gasteiger partial charge in [-0.15, -0.1) is 5.10 Å². The lowest BCUT2D eigenvalue weighted by atomic mass is 10.1. The highest BCUT2D eigenvalue weighted by Gasteiger charge is 2.17. The van der Waals surface area contributed by atoms with Crippen LogP contribution in [0.1, 0.15) is 5.56 Å². The second-order valence-electron chi connectivity index (χ2n) is 4.75. The molecule has 3 aromatic rings. The van der Waals surface area contributed by atoms with E-state index in [0.29, 0.717) is 5.82 Å². The largest absolute Gasteiger partial charge is 0.368 e. The number of fused-ring (bicyclic) bond motifs is 1. The third-order valence-corrected chi connectivity index (χ3v) is 4.70. The average Bonchev–Trinajstić information content (AvgIpc) is 2.85. The number of halogens is 1. The van der Waals surface area contributed by atoms with Gasteiger partial charge in [-0.3, -0.25) is 0 Å². The number of hydrogen-bond acceptors (Lipinski definition) is 7. The minimum atomic E-state index is -3.57. The van der Waals surface area contributed by atoms with E-state index in [0.717, 1.165) is 21.9 Å². The lowest BCUT2D eigenvalue weighted by molar-refractivity contribution is 0.592. The number of sulfone groups is 1. The molecule has 1 aromatic carbocycles. The number of benzene rings is 1. The molecular formula is C12H11BrN6O2S. The molecule has 0 atom stereocenters. The monoisotopic (exact) mass is 382 g/mol. The van der Waals surface area contributed by atoms with Crippen molar-refractivity contribution in [2.24, 2.45) is 0 Å². The van der Waals surface area contributed by atoms with E-state index in [1.54, 1.807) is 0 Å². The lowest BCUT2D eigenvalue weighted by Gasteiger charge is -2.00. The zero-order valence-corrected chi connectivity index (χ0v) is 14.1. The fraction of sp³-hybridized carbons (Fsp3) is 0.167. The molecule has 2 N–H and O–H groups in total. The van der Waals surface area contributed by atoms with Crippen LogP contribution in [0.2, 0.25) is 0 Å². The molecule has 0 aliphatic rings. The number of nitrogens with zero attached hydrogens (tertiary/aromatic N) is 5. The van der Waals surface area contributed by atoms with E-state index < -0.39 is 9.84 Å². The van der Waals surface area contributed by atoms with Gasteiger partial charge in [0.05, 0.1) is 0 Å². The molecule has 8 nitrogen and oxygen atoms in total. The molecule has 2 heterocycles. The Kier molecular flexibility index (Phi) is 3.37. The predicted octanol–water partition coefficient (Wildman–Crippen LogP) is 1.24. The topological polar surface area (TPSA) is 116 Å². The summed E-state index contributed by atoms with van der Waals surface area (Å²) in [6.07, 6.45) is 1.01. The van der Waals surface area contributed by atoms with Crippen molar-refractivity contribution in [3.63, 3.8) is 0 Å². The number of nitrogens with two attached hydrogens (primary N) is 1. The molecule has 0 amide bonds. The quantitative estimate of drug-likeness (QED) is 0.708. The molecule has 0 bridgehead atoms. The summed E-state index contributed by atoms with van der Waals surface area (Å²) in [4.78, 5) is 11.9. The standard InChI is InChI=1S/C12H11BrN6O2S/c1-6-5-7(3-4-8(6)13)9-15-11-17-12(22(2,20)21)16-10(14)19(11)18-9/h3-5H,1-2H3,(H2,14,15,16,17,18). The van der Waals surface area contributed by atoms with Crippen LogP contribution in [0.3, 0.4) is 0 Å². The Morgan fingerprint density at radius 1 is 1.23 bits per heavy atom. The smallest absolute Gasteiger partial charge is 0.258 e. The third kappa shape index (κ3) is 2.55. The SMILES string of the molecule is Cc1cc(-c2nc3nc(S(C)(=O)=O)nc(N)n3n2)ccc1Br. The van der Waals surface area contributed by atoms with Crippen LogP contribution in [-0.2, 0) is 9.84 Å². The lowest BCUT2D eigenvalue weighted by Crippen LogP contribution is -2.11. The summed E-state index contributed by atoms with van der Waals surface area (Å²) in [6.45, 7) is 1.94. The van der Waals surface area contributed by atoms with Gasteiger partial charge in [0, 0.05) is 16.3 Å². The van der Waals surface area contributed by atoms with E-state index in [9.17, 15) is 8.42 Å². The van der Waals surface area contributed by atoms with Gasteiger partial charge in [-0.05, 0) is 30.7 Å². The van der Waals surface area contributed by atoms with Crippen LogP contribution in [0, 0.1) is 6.92 Å². The van der Waals surface area contributed by atoms with Gasteiger partial charge in [-0.1, -0.05) is 15.9 Å². The fourth-order valence-corrected chi connectivity index (χ4v) is 2.61. The maximum atomic E-state index is 11.5.